The molecule has 0 radical (unpaired) electrons. The van der Waals surface area contributed by atoms with Crippen molar-refractivity contribution in [2.45, 2.75) is 212 Å². The number of carbonyl (C=O) groups excluding carboxylic acids is 3. The SMILES string of the molecule is CC/C=C\C/C=C\C/C=C\CCCCCCCC(=O)OC(COC(=O)CCCCCCCCCCCCCCCCCCCC)COC(OCC[N+](C)(C)C)C(=O)[O-]. The first-order chi connectivity index (χ1) is 28.1. The van der Waals surface area contributed by atoms with Gasteiger partial charge in [0.05, 0.1) is 40.3 Å². The molecule has 9 nitrogen and oxygen atoms in total. The average Bonchev–Trinajstić information content (AvgIpc) is 3.18. The molecule has 0 aromatic heterocycles. The Bertz CT molecular complexity index is 1050. The van der Waals surface area contributed by atoms with Gasteiger partial charge in [-0.15, -0.1) is 0 Å². The number of carbonyl (C=O) groups is 3. The highest BCUT2D eigenvalue weighted by molar-refractivity contribution is 5.70. The number of aliphatic carboxylic acids is 1. The first-order valence-corrected chi connectivity index (χ1v) is 23.6. The Morgan fingerprint density at radius 3 is 1.47 bits per heavy atom. The molecule has 0 rings (SSSR count). The topological polar surface area (TPSA) is 111 Å². The van der Waals surface area contributed by atoms with Crippen LogP contribution in [-0.4, -0.2) is 82.3 Å². The molecule has 0 bridgehead atoms. The number of likely N-dealkylation sites (N-methyl/N-ethyl adjacent to an activating group) is 1. The number of unbranched alkanes of at least 4 members (excludes halogenated alkanes) is 22. The van der Waals surface area contributed by atoms with E-state index in [1.165, 1.54) is 96.3 Å². The van der Waals surface area contributed by atoms with Gasteiger partial charge < -0.3 is 33.3 Å². The van der Waals surface area contributed by atoms with E-state index in [1.807, 2.05) is 21.1 Å². The van der Waals surface area contributed by atoms with Gasteiger partial charge in [-0.3, -0.25) is 9.59 Å². The fourth-order valence-electron chi connectivity index (χ4n) is 6.49. The maximum Gasteiger partial charge on any atom is 0.306 e. The molecule has 0 aliphatic heterocycles. The zero-order valence-corrected chi connectivity index (χ0v) is 38.2. The lowest BCUT2D eigenvalue weighted by Crippen LogP contribution is -2.44. The van der Waals surface area contributed by atoms with Crippen LogP contribution >= 0.6 is 0 Å². The number of hydrogen-bond acceptors (Lipinski definition) is 8. The van der Waals surface area contributed by atoms with Crippen molar-refractivity contribution in [3.63, 3.8) is 0 Å². The summed E-state index contributed by atoms with van der Waals surface area (Å²) in [5, 5.41) is 11.7. The highest BCUT2D eigenvalue weighted by Gasteiger charge is 2.21. The minimum atomic E-state index is -1.62. The first kappa shape index (κ1) is 55.5. The van der Waals surface area contributed by atoms with Crippen molar-refractivity contribution in [3.8, 4) is 0 Å². The maximum absolute atomic E-state index is 12.7. The highest BCUT2D eigenvalue weighted by atomic mass is 16.7. The molecule has 338 valence electrons. The third kappa shape index (κ3) is 41.7. The van der Waals surface area contributed by atoms with Crippen molar-refractivity contribution >= 4 is 17.9 Å². The predicted octanol–water partition coefficient (Wildman–Crippen LogP) is 11.3. The number of nitrogens with zero attached hydrogens (tertiary/aromatic N) is 1. The predicted molar refractivity (Wildman–Crippen MR) is 237 cm³/mol. The standard InChI is InChI=1S/C49H89NO8/c1-6-8-10-12-14-16-18-20-22-23-24-26-27-29-31-33-35-37-39-46(51)56-43-45(44-57-49(48(53)54)55-42-41-50(3,4)5)58-47(52)40-38-36-34-32-30-28-25-21-19-17-15-13-11-9-7-2/h9,11,15,17,21,25,45,49H,6-8,10,12-14,16,18-20,22-24,26-44H2,1-5H3/b11-9-,17-15-,25-21-. The second kappa shape index (κ2) is 41.3. The van der Waals surface area contributed by atoms with E-state index in [-0.39, 0.29) is 32.2 Å². The van der Waals surface area contributed by atoms with E-state index >= 15 is 0 Å². The molecule has 0 fully saturated rings. The molecular formula is C49H89NO8. The van der Waals surface area contributed by atoms with E-state index < -0.39 is 24.3 Å². The lowest BCUT2D eigenvalue weighted by molar-refractivity contribution is -0.870. The molecule has 0 aliphatic carbocycles. The van der Waals surface area contributed by atoms with Crippen LogP contribution in [-0.2, 0) is 33.3 Å². The maximum atomic E-state index is 12.7. The number of hydrogen-bond donors (Lipinski definition) is 0. The van der Waals surface area contributed by atoms with Crippen LogP contribution < -0.4 is 5.11 Å². The summed E-state index contributed by atoms with van der Waals surface area (Å²) in [5.74, 6) is -2.30. The third-order valence-corrected chi connectivity index (χ3v) is 10.2. The Morgan fingerprint density at radius 2 is 0.983 bits per heavy atom. The van der Waals surface area contributed by atoms with Crippen molar-refractivity contribution in [1.29, 1.82) is 0 Å². The van der Waals surface area contributed by atoms with Crippen LogP contribution in [0.15, 0.2) is 36.5 Å². The molecular weight excluding hydrogens is 731 g/mol. The van der Waals surface area contributed by atoms with E-state index in [0.29, 0.717) is 23.9 Å². The fraction of sp³-hybridized carbons (Fsp3) is 0.816. The molecule has 2 unspecified atom stereocenters. The van der Waals surface area contributed by atoms with Crippen molar-refractivity contribution < 1.29 is 42.9 Å². The Morgan fingerprint density at radius 1 is 0.534 bits per heavy atom. The van der Waals surface area contributed by atoms with E-state index in [9.17, 15) is 19.5 Å². The number of ether oxygens (including phenoxy) is 4. The van der Waals surface area contributed by atoms with Crippen LogP contribution in [0, 0.1) is 0 Å². The summed E-state index contributed by atoms with van der Waals surface area (Å²) in [7, 11) is 5.90. The third-order valence-electron chi connectivity index (χ3n) is 10.2. The van der Waals surface area contributed by atoms with Gasteiger partial charge in [0, 0.05) is 12.8 Å². The quantitative estimate of drug-likeness (QED) is 0.0197. The molecule has 0 N–H and O–H groups in total. The summed E-state index contributed by atoms with van der Waals surface area (Å²) in [5.41, 5.74) is 0. The molecule has 0 saturated heterocycles. The van der Waals surface area contributed by atoms with Gasteiger partial charge in [0.1, 0.15) is 13.2 Å². The van der Waals surface area contributed by atoms with Gasteiger partial charge in [-0.25, -0.2) is 0 Å². The fourth-order valence-corrected chi connectivity index (χ4v) is 6.49. The summed E-state index contributed by atoms with van der Waals surface area (Å²) in [6.07, 6.45) is 43.2. The summed E-state index contributed by atoms with van der Waals surface area (Å²) >= 11 is 0. The van der Waals surface area contributed by atoms with Crippen LogP contribution in [0.25, 0.3) is 0 Å². The van der Waals surface area contributed by atoms with Crippen molar-refractivity contribution in [2.24, 2.45) is 0 Å². The lowest BCUT2D eigenvalue weighted by Gasteiger charge is -2.26. The molecule has 9 heteroatoms. The summed E-state index contributed by atoms with van der Waals surface area (Å²) < 4.78 is 22.6. The van der Waals surface area contributed by atoms with E-state index in [2.05, 4.69) is 50.3 Å². The average molecular weight is 820 g/mol. The second-order valence-corrected chi connectivity index (χ2v) is 17.0. The van der Waals surface area contributed by atoms with Crippen molar-refractivity contribution in [2.75, 3.05) is 47.5 Å². The van der Waals surface area contributed by atoms with Gasteiger partial charge in [0.2, 0.25) is 0 Å². The van der Waals surface area contributed by atoms with Crippen molar-refractivity contribution in [1.82, 2.24) is 0 Å². The number of esters is 2. The summed E-state index contributed by atoms with van der Waals surface area (Å²) in [4.78, 5) is 37.0. The molecule has 0 amide bonds. The van der Waals surface area contributed by atoms with Crippen LogP contribution in [0.3, 0.4) is 0 Å². The van der Waals surface area contributed by atoms with E-state index in [0.717, 1.165) is 70.6 Å². The summed E-state index contributed by atoms with van der Waals surface area (Å²) in [6, 6.07) is 0. The van der Waals surface area contributed by atoms with Gasteiger partial charge in [0.25, 0.3) is 0 Å². The molecule has 0 spiro atoms. The van der Waals surface area contributed by atoms with E-state index in [1.54, 1.807) is 0 Å². The first-order valence-electron chi connectivity index (χ1n) is 23.6. The normalized spacial score (nSPS) is 13.2. The largest absolute Gasteiger partial charge is 0.545 e. The molecule has 0 heterocycles. The molecule has 0 saturated carbocycles. The van der Waals surface area contributed by atoms with Crippen LogP contribution in [0.4, 0.5) is 0 Å². The zero-order chi connectivity index (χ0) is 42.8. The number of carboxylic acids is 1. The summed E-state index contributed by atoms with van der Waals surface area (Å²) in [6.45, 7) is 4.62. The molecule has 0 aromatic rings. The molecule has 0 aliphatic rings. The Balaban J connectivity index is 4.39. The zero-order valence-electron chi connectivity index (χ0n) is 38.2. The number of allylic oxidation sites excluding steroid dienone is 6. The minimum absolute atomic E-state index is 0.145. The van der Waals surface area contributed by atoms with Gasteiger partial charge >= 0.3 is 11.9 Å². The number of quaternary nitrogens is 1. The van der Waals surface area contributed by atoms with Gasteiger partial charge in [-0.1, -0.05) is 179 Å². The Hall–Kier alpha value is -2.49. The number of rotatable bonds is 43. The number of carboxylic acid groups (broad SMARTS) is 1. The van der Waals surface area contributed by atoms with Crippen LogP contribution in [0.5, 0.6) is 0 Å². The van der Waals surface area contributed by atoms with Crippen LogP contribution in [0.1, 0.15) is 200 Å². The van der Waals surface area contributed by atoms with Gasteiger partial charge in [-0.2, -0.15) is 0 Å². The highest BCUT2D eigenvalue weighted by Crippen LogP contribution is 2.15. The minimum Gasteiger partial charge on any atom is -0.545 e. The Kier molecular flexibility index (Phi) is 39.5. The lowest BCUT2D eigenvalue weighted by atomic mass is 10.0. The van der Waals surface area contributed by atoms with Gasteiger partial charge in [0.15, 0.2) is 12.4 Å². The molecule has 58 heavy (non-hydrogen) atoms. The van der Waals surface area contributed by atoms with Gasteiger partial charge in [-0.05, 0) is 44.9 Å². The molecule has 2 atom stereocenters. The van der Waals surface area contributed by atoms with E-state index in [4.69, 9.17) is 18.9 Å². The van der Waals surface area contributed by atoms with Crippen molar-refractivity contribution in [3.05, 3.63) is 36.5 Å². The Labute approximate surface area is 356 Å². The smallest absolute Gasteiger partial charge is 0.306 e. The monoisotopic (exact) mass is 820 g/mol. The molecule has 0 aromatic carbocycles. The second-order valence-electron chi connectivity index (χ2n) is 17.0. The van der Waals surface area contributed by atoms with Crippen LogP contribution in [0.2, 0.25) is 0 Å².